The average molecular weight is 283 g/mol. The SMILES string of the molecule is Cc1ncn(-c2ccc(NC(=O)C3[C@@H](C)[C@H]3C)cc2)c1C. The van der Waals surface area contributed by atoms with Gasteiger partial charge in [0.1, 0.15) is 0 Å². The zero-order valence-electron chi connectivity index (χ0n) is 12.9. The maximum Gasteiger partial charge on any atom is 0.228 e. The Morgan fingerprint density at radius 2 is 1.76 bits per heavy atom. The number of carbonyl (C=O) groups excluding carboxylic acids is 1. The van der Waals surface area contributed by atoms with Crippen LogP contribution in [0.5, 0.6) is 0 Å². The molecule has 1 saturated carbocycles. The number of hydrogen-bond donors (Lipinski definition) is 1. The summed E-state index contributed by atoms with van der Waals surface area (Å²) in [5.41, 5.74) is 4.07. The van der Waals surface area contributed by atoms with Crippen LogP contribution in [-0.4, -0.2) is 15.5 Å². The Morgan fingerprint density at radius 1 is 1.14 bits per heavy atom. The van der Waals surface area contributed by atoms with Crippen molar-refractivity contribution in [2.75, 3.05) is 5.32 Å². The summed E-state index contributed by atoms with van der Waals surface area (Å²) in [7, 11) is 0. The van der Waals surface area contributed by atoms with E-state index in [0.29, 0.717) is 11.8 Å². The van der Waals surface area contributed by atoms with Crippen LogP contribution in [0.3, 0.4) is 0 Å². The van der Waals surface area contributed by atoms with Crippen molar-refractivity contribution in [2.24, 2.45) is 17.8 Å². The minimum Gasteiger partial charge on any atom is -0.326 e. The first-order valence-electron chi connectivity index (χ1n) is 7.41. The molecular formula is C17H21N3O. The predicted molar refractivity (Wildman–Crippen MR) is 83.5 cm³/mol. The van der Waals surface area contributed by atoms with Crippen LogP contribution >= 0.6 is 0 Å². The Labute approximate surface area is 125 Å². The van der Waals surface area contributed by atoms with Crippen molar-refractivity contribution >= 4 is 11.6 Å². The Hall–Kier alpha value is -2.10. The van der Waals surface area contributed by atoms with Crippen molar-refractivity contribution in [3.63, 3.8) is 0 Å². The highest BCUT2D eigenvalue weighted by molar-refractivity contribution is 5.94. The van der Waals surface area contributed by atoms with Gasteiger partial charge in [0.15, 0.2) is 0 Å². The molecule has 4 nitrogen and oxygen atoms in total. The number of carbonyl (C=O) groups is 1. The molecule has 1 aliphatic rings. The molecule has 1 unspecified atom stereocenters. The lowest BCUT2D eigenvalue weighted by molar-refractivity contribution is -0.117. The molecule has 1 fully saturated rings. The van der Waals surface area contributed by atoms with Gasteiger partial charge in [-0.3, -0.25) is 4.79 Å². The van der Waals surface area contributed by atoms with Gasteiger partial charge in [-0.05, 0) is 49.9 Å². The van der Waals surface area contributed by atoms with E-state index in [9.17, 15) is 4.79 Å². The van der Waals surface area contributed by atoms with Crippen LogP contribution in [0.25, 0.3) is 5.69 Å². The van der Waals surface area contributed by atoms with Gasteiger partial charge in [-0.2, -0.15) is 0 Å². The van der Waals surface area contributed by atoms with Crippen LogP contribution in [0.15, 0.2) is 30.6 Å². The Kier molecular flexibility index (Phi) is 3.32. The fourth-order valence-corrected chi connectivity index (χ4v) is 2.83. The third-order valence-corrected chi connectivity index (χ3v) is 4.79. The zero-order valence-corrected chi connectivity index (χ0v) is 12.9. The molecule has 110 valence electrons. The molecule has 0 radical (unpaired) electrons. The number of amides is 1. The first-order chi connectivity index (χ1) is 9.99. The van der Waals surface area contributed by atoms with E-state index in [4.69, 9.17) is 0 Å². The molecule has 0 spiro atoms. The normalized spacial score (nSPS) is 23.9. The lowest BCUT2D eigenvalue weighted by Crippen LogP contribution is -2.15. The highest BCUT2D eigenvalue weighted by Gasteiger charge is 2.48. The minimum atomic E-state index is 0.136. The molecular weight excluding hydrogens is 262 g/mol. The topological polar surface area (TPSA) is 46.9 Å². The first kappa shape index (κ1) is 13.9. The van der Waals surface area contributed by atoms with Crippen molar-refractivity contribution in [2.45, 2.75) is 27.7 Å². The lowest BCUT2D eigenvalue weighted by Gasteiger charge is -2.08. The van der Waals surface area contributed by atoms with E-state index in [1.54, 1.807) is 0 Å². The van der Waals surface area contributed by atoms with Crippen molar-refractivity contribution in [3.8, 4) is 5.69 Å². The first-order valence-corrected chi connectivity index (χ1v) is 7.41. The number of nitrogens with zero attached hydrogens (tertiary/aromatic N) is 2. The molecule has 1 amide bonds. The number of benzene rings is 1. The van der Waals surface area contributed by atoms with Gasteiger partial charge in [0, 0.05) is 23.0 Å². The molecule has 0 saturated heterocycles. The lowest BCUT2D eigenvalue weighted by atomic mass is 10.2. The van der Waals surface area contributed by atoms with Crippen LogP contribution < -0.4 is 5.32 Å². The molecule has 0 bridgehead atoms. The van der Waals surface area contributed by atoms with Crippen LogP contribution in [0, 0.1) is 31.6 Å². The number of rotatable bonds is 3. The van der Waals surface area contributed by atoms with Gasteiger partial charge in [0.05, 0.1) is 12.0 Å². The second kappa shape index (κ2) is 5.02. The van der Waals surface area contributed by atoms with Gasteiger partial charge in [-0.25, -0.2) is 4.98 Å². The molecule has 2 aromatic rings. The second-order valence-corrected chi connectivity index (χ2v) is 6.07. The van der Waals surface area contributed by atoms with E-state index >= 15 is 0 Å². The fraction of sp³-hybridized carbons (Fsp3) is 0.412. The smallest absolute Gasteiger partial charge is 0.228 e. The molecule has 1 aromatic heterocycles. The molecule has 1 N–H and O–H groups in total. The Balaban J connectivity index is 1.73. The fourth-order valence-electron chi connectivity index (χ4n) is 2.83. The summed E-state index contributed by atoms with van der Waals surface area (Å²) in [5, 5.41) is 3.00. The van der Waals surface area contributed by atoms with E-state index in [2.05, 4.69) is 24.1 Å². The predicted octanol–water partition coefficient (Wildman–Crippen LogP) is 3.33. The summed E-state index contributed by atoms with van der Waals surface area (Å²) >= 11 is 0. The number of aromatic nitrogens is 2. The van der Waals surface area contributed by atoms with E-state index in [0.717, 1.165) is 22.8 Å². The number of hydrogen-bond acceptors (Lipinski definition) is 2. The Morgan fingerprint density at radius 3 is 2.24 bits per heavy atom. The summed E-state index contributed by atoms with van der Waals surface area (Å²) in [5.74, 6) is 1.31. The van der Waals surface area contributed by atoms with Gasteiger partial charge in [0.25, 0.3) is 0 Å². The van der Waals surface area contributed by atoms with Crippen molar-refractivity contribution < 1.29 is 4.79 Å². The molecule has 1 heterocycles. The second-order valence-electron chi connectivity index (χ2n) is 6.07. The quantitative estimate of drug-likeness (QED) is 0.939. The van der Waals surface area contributed by atoms with E-state index < -0.39 is 0 Å². The molecule has 0 aliphatic heterocycles. The zero-order chi connectivity index (χ0) is 15.1. The van der Waals surface area contributed by atoms with Crippen LogP contribution in [-0.2, 0) is 4.79 Å². The average Bonchev–Trinajstić information content (AvgIpc) is 2.92. The van der Waals surface area contributed by atoms with Crippen LogP contribution in [0.1, 0.15) is 25.2 Å². The number of aryl methyl sites for hydroxylation is 1. The number of imidazole rings is 1. The third-order valence-electron chi connectivity index (χ3n) is 4.79. The molecule has 21 heavy (non-hydrogen) atoms. The van der Waals surface area contributed by atoms with E-state index in [1.807, 2.05) is 49.0 Å². The molecule has 3 rings (SSSR count). The highest BCUT2D eigenvalue weighted by atomic mass is 16.2. The molecule has 1 aromatic carbocycles. The van der Waals surface area contributed by atoms with Crippen molar-refractivity contribution in [3.05, 3.63) is 42.0 Å². The van der Waals surface area contributed by atoms with Gasteiger partial charge in [-0.1, -0.05) is 13.8 Å². The van der Waals surface area contributed by atoms with Gasteiger partial charge in [-0.15, -0.1) is 0 Å². The maximum absolute atomic E-state index is 12.1. The van der Waals surface area contributed by atoms with Crippen molar-refractivity contribution in [1.29, 1.82) is 0 Å². The summed E-state index contributed by atoms with van der Waals surface area (Å²) in [6.07, 6.45) is 1.83. The van der Waals surface area contributed by atoms with Crippen LogP contribution in [0.2, 0.25) is 0 Å². The Bertz CT molecular complexity index is 664. The van der Waals surface area contributed by atoms with E-state index in [1.165, 1.54) is 0 Å². The van der Waals surface area contributed by atoms with Gasteiger partial charge < -0.3 is 9.88 Å². The van der Waals surface area contributed by atoms with Gasteiger partial charge >= 0.3 is 0 Å². The van der Waals surface area contributed by atoms with Crippen LogP contribution in [0.4, 0.5) is 5.69 Å². The summed E-state index contributed by atoms with van der Waals surface area (Å²) in [6, 6.07) is 7.90. The molecule has 3 atom stereocenters. The molecule has 4 heteroatoms. The minimum absolute atomic E-state index is 0.136. The number of anilines is 1. The summed E-state index contributed by atoms with van der Waals surface area (Å²) < 4.78 is 2.05. The number of nitrogens with one attached hydrogen (secondary N) is 1. The standard InChI is InChI=1S/C17H21N3O/c1-10-11(2)16(10)17(21)19-14-5-7-15(8-6-14)20-9-18-12(3)13(20)4/h5-11,16H,1-4H3,(H,19,21)/t10-,11+,16?. The summed E-state index contributed by atoms with van der Waals surface area (Å²) in [4.78, 5) is 16.4. The monoisotopic (exact) mass is 283 g/mol. The van der Waals surface area contributed by atoms with E-state index in [-0.39, 0.29) is 11.8 Å². The maximum atomic E-state index is 12.1. The van der Waals surface area contributed by atoms with Gasteiger partial charge in [0.2, 0.25) is 5.91 Å². The highest BCUT2D eigenvalue weighted by Crippen LogP contribution is 2.45. The summed E-state index contributed by atoms with van der Waals surface area (Å²) in [6.45, 7) is 8.30. The van der Waals surface area contributed by atoms with Crippen molar-refractivity contribution in [1.82, 2.24) is 9.55 Å². The third kappa shape index (κ3) is 2.46. The molecule has 1 aliphatic carbocycles. The largest absolute Gasteiger partial charge is 0.326 e.